The van der Waals surface area contributed by atoms with Crippen LogP contribution in [0.25, 0.3) is 0 Å². The van der Waals surface area contributed by atoms with Gasteiger partial charge in [0.25, 0.3) is 10.0 Å². The molecule has 0 bridgehead atoms. The molecule has 2 aromatic rings. The number of ether oxygens (including phenoxy) is 1. The molecular weight excluding hydrogens is 350 g/mol. The molecule has 0 aromatic heterocycles. The molecule has 1 saturated carbocycles. The van der Waals surface area contributed by atoms with Gasteiger partial charge in [-0.15, -0.1) is 0 Å². The van der Waals surface area contributed by atoms with Crippen LogP contribution in [0, 0.1) is 0 Å². The highest BCUT2D eigenvalue weighted by molar-refractivity contribution is 7.89. The highest BCUT2D eigenvalue weighted by atomic mass is 32.2. The summed E-state index contributed by atoms with van der Waals surface area (Å²) >= 11 is 0. The summed E-state index contributed by atoms with van der Waals surface area (Å²) in [6, 6.07) is 17.0. The van der Waals surface area contributed by atoms with E-state index in [0.29, 0.717) is 12.8 Å². The number of sulfonamides is 1. The minimum atomic E-state index is -3.95. The molecule has 1 amide bonds. The Hall–Kier alpha value is -2.34. The predicted molar refractivity (Wildman–Crippen MR) is 99.0 cm³/mol. The van der Waals surface area contributed by atoms with E-state index >= 15 is 0 Å². The van der Waals surface area contributed by atoms with Gasteiger partial charge < -0.3 is 4.74 Å². The number of nitrogens with zero attached hydrogens (tertiary/aromatic N) is 1. The lowest BCUT2D eigenvalue weighted by Crippen LogP contribution is -2.45. The topological polar surface area (TPSA) is 63.7 Å². The van der Waals surface area contributed by atoms with Crippen LogP contribution in [0.2, 0.25) is 0 Å². The maximum atomic E-state index is 13.1. The standard InChI is InChI=1S/C20H23NO4S/c22-20(25-16-17-10-4-1-5-11-17)21(18-12-6-2-7-13-18)26(23,24)19-14-8-3-9-15-19/h1,3-5,8-11,14-15,18H,2,6-7,12-13,16H2. The second-order valence-electron chi connectivity index (χ2n) is 6.45. The number of amides is 1. The number of carbonyl (C=O) groups is 1. The average molecular weight is 373 g/mol. The van der Waals surface area contributed by atoms with Gasteiger partial charge in [0.2, 0.25) is 0 Å². The third kappa shape index (κ3) is 4.25. The van der Waals surface area contributed by atoms with Gasteiger partial charge in [-0.2, -0.15) is 4.31 Å². The van der Waals surface area contributed by atoms with Crippen LogP contribution in [-0.2, 0) is 21.4 Å². The fourth-order valence-corrected chi connectivity index (χ4v) is 4.83. The van der Waals surface area contributed by atoms with Crippen molar-refractivity contribution in [1.29, 1.82) is 0 Å². The van der Waals surface area contributed by atoms with Gasteiger partial charge in [-0.25, -0.2) is 13.2 Å². The third-order valence-corrected chi connectivity index (χ3v) is 6.42. The maximum absolute atomic E-state index is 13.1. The molecule has 26 heavy (non-hydrogen) atoms. The van der Waals surface area contributed by atoms with Gasteiger partial charge in [-0.1, -0.05) is 67.8 Å². The van der Waals surface area contributed by atoms with Crippen LogP contribution in [0.5, 0.6) is 0 Å². The zero-order chi connectivity index (χ0) is 18.4. The average Bonchev–Trinajstić information content (AvgIpc) is 2.69. The fourth-order valence-electron chi connectivity index (χ4n) is 3.25. The van der Waals surface area contributed by atoms with Crippen LogP contribution >= 0.6 is 0 Å². The lowest BCUT2D eigenvalue weighted by Gasteiger charge is -2.32. The Labute approximate surface area is 154 Å². The quantitative estimate of drug-likeness (QED) is 0.782. The molecule has 1 fully saturated rings. The number of rotatable bonds is 5. The van der Waals surface area contributed by atoms with Gasteiger partial charge in [-0.3, -0.25) is 0 Å². The summed E-state index contributed by atoms with van der Waals surface area (Å²) in [6.45, 7) is 0.0488. The van der Waals surface area contributed by atoms with Crippen molar-refractivity contribution in [2.75, 3.05) is 0 Å². The second kappa shape index (κ2) is 8.36. The molecule has 0 N–H and O–H groups in total. The van der Waals surface area contributed by atoms with Crippen LogP contribution in [0.4, 0.5) is 4.79 Å². The van der Waals surface area contributed by atoms with Crippen LogP contribution in [0.15, 0.2) is 65.6 Å². The summed E-state index contributed by atoms with van der Waals surface area (Å²) in [5, 5.41) is 0. The van der Waals surface area contributed by atoms with E-state index in [1.54, 1.807) is 18.2 Å². The molecule has 5 nitrogen and oxygen atoms in total. The van der Waals surface area contributed by atoms with E-state index in [9.17, 15) is 13.2 Å². The van der Waals surface area contributed by atoms with Gasteiger partial charge in [0.15, 0.2) is 0 Å². The van der Waals surface area contributed by atoms with Gasteiger partial charge in [0.1, 0.15) is 6.61 Å². The van der Waals surface area contributed by atoms with Crippen molar-refractivity contribution >= 4 is 16.1 Å². The van der Waals surface area contributed by atoms with E-state index in [1.165, 1.54) is 12.1 Å². The van der Waals surface area contributed by atoms with Crippen molar-refractivity contribution < 1.29 is 17.9 Å². The van der Waals surface area contributed by atoms with Crippen molar-refractivity contribution in [2.45, 2.75) is 49.6 Å². The molecule has 3 rings (SSSR count). The highest BCUT2D eigenvalue weighted by Crippen LogP contribution is 2.28. The van der Waals surface area contributed by atoms with Crippen molar-refractivity contribution in [3.05, 3.63) is 66.2 Å². The molecule has 6 heteroatoms. The lowest BCUT2D eigenvalue weighted by molar-refractivity contribution is 0.104. The molecule has 1 aliphatic carbocycles. The third-order valence-electron chi connectivity index (χ3n) is 4.59. The summed E-state index contributed by atoms with van der Waals surface area (Å²) in [6.07, 6.45) is 3.44. The Balaban J connectivity index is 1.84. The Morgan fingerprint density at radius 1 is 0.923 bits per heavy atom. The summed E-state index contributed by atoms with van der Waals surface area (Å²) in [7, 11) is -3.95. The summed E-state index contributed by atoms with van der Waals surface area (Å²) in [5.74, 6) is 0. The number of hydrogen-bond acceptors (Lipinski definition) is 4. The van der Waals surface area contributed by atoms with Crippen molar-refractivity contribution in [3.8, 4) is 0 Å². The van der Waals surface area contributed by atoms with E-state index in [2.05, 4.69) is 0 Å². The maximum Gasteiger partial charge on any atom is 0.424 e. The van der Waals surface area contributed by atoms with Crippen LogP contribution in [-0.4, -0.2) is 24.9 Å². The van der Waals surface area contributed by atoms with Gasteiger partial charge in [-0.05, 0) is 30.5 Å². The summed E-state index contributed by atoms with van der Waals surface area (Å²) < 4.78 is 32.5. The van der Waals surface area contributed by atoms with Gasteiger partial charge in [0.05, 0.1) is 10.9 Å². The monoisotopic (exact) mass is 373 g/mol. The molecule has 138 valence electrons. The molecule has 0 heterocycles. The number of carbonyl (C=O) groups excluding carboxylic acids is 1. The Bertz CT molecular complexity index is 815. The molecule has 0 spiro atoms. The molecule has 0 atom stereocenters. The van der Waals surface area contributed by atoms with E-state index in [4.69, 9.17) is 4.74 Å². The van der Waals surface area contributed by atoms with Crippen LogP contribution in [0.1, 0.15) is 37.7 Å². The molecule has 2 aromatic carbocycles. The van der Waals surface area contributed by atoms with Gasteiger partial charge >= 0.3 is 6.09 Å². The van der Waals surface area contributed by atoms with Crippen LogP contribution < -0.4 is 0 Å². The SMILES string of the molecule is O=C(OCc1ccccc1)N(C1CCCCC1)S(=O)(=O)c1ccccc1. The minimum absolute atomic E-state index is 0.0488. The Kier molecular flexibility index (Phi) is 5.93. The second-order valence-corrected chi connectivity index (χ2v) is 8.26. The molecule has 0 unspecified atom stereocenters. The van der Waals surface area contributed by atoms with E-state index < -0.39 is 16.1 Å². The van der Waals surface area contributed by atoms with Crippen LogP contribution in [0.3, 0.4) is 0 Å². The van der Waals surface area contributed by atoms with E-state index in [0.717, 1.165) is 29.1 Å². The predicted octanol–water partition coefficient (Wildman–Crippen LogP) is 4.35. The van der Waals surface area contributed by atoms with Crippen molar-refractivity contribution in [3.63, 3.8) is 0 Å². The Morgan fingerprint density at radius 3 is 2.12 bits per heavy atom. The molecular formula is C20H23NO4S. The minimum Gasteiger partial charge on any atom is -0.444 e. The molecule has 0 saturated heterocycles. The van der Waals surface area contributed by atoms with E-state index in [1.807, 2.05) is 30.3 Å². The first-order valence-corrected chi connectivity index (χ1v) is 10.3. The summed E-state index contributed by atoms with van der Waals surface area (Å²) in [4.78, 5) is 12.9. The first kappa shape index (κ1) is 18.5. The summed E-state index contributed by atoms with van der Waals surface area (Å²) in [5.41, 5.74) is 0.821. The lowest BCUT2D eigenvalue weighted by atomic mass is 9.96. The number of hydrogen-bond donors (Lipinski definition) is 0. The largest absolute Gasteiger partial charge is 0.444 e. The van der Waals surface area contributed by atoms with Gasteiger partial charge in [0, 0.05) is 0 Å². The first-order valence-electron chi connectivity index (χ1n) is 8.89. The normalized spacial score (nSPS) is 15.4. The zero-order valence-electron chi connectivity index (χ0n) is 14.6. The highest BCUT2D eigenvalue weighted by Gasteiger charge is 2.37. The fraction of sp³-hybridized carbons (Fsp3) is 0.350. The molecule has 1 aliphatic rings. The Morgan fingerprint density at radius 2 is 1.50 bits per heavy atom. The molecule has 0 radical (unpaired) electrons. The smallest absolute Gasteiger partial charge is 0.424 e. The van der Waals surface area contributed by atoms with E-state index in [-0.39, 0.29) is 17.5 Å². The first-order chi connectivity index (χ1) is 12.6. The van der Waals surface area contributed by atoms with Crippen molar-refractivity contribution in [1.82, 2.24) is 4.31 Å². The molecule has 0 aliphatic heterocycles. The van der Waals surface area contributed by atoms with Crippen molar-refractivity contribution in [2.24, 2.45) is 0 Å². The number of benzene rings is 2. The zero-order valence-corrected chi connectivity index (χ0v) is 15.4.